The summed E-state index contributed by atoms with van der Waals surface area (Å²) in [4.78, 5) is 35.7. The van der Waals surface area contributed by atoms with Gasteiger partial charge in [-0.15, -0.1) is 45.9 Å². The number of halogens is 4. The zero-order chi connectivity index (χ0) is 61.1. The van der Waals surface area contributed by atoms with E-state index in [4.69, 9.17) is 15.2 Å². The Bertz CT molecular complexity index is 3390. The van der Waals surface area contributed by atoms with Crippen molar-refractivity contribution in [2.24, 2.45) is 0 Å². The number of nitrogens with two attached hydrogens (primary N) is 1. The maximum absolute atomic E-state index is 14.3. The van der Waals surface area contributed by atoms with Gasteiger partial charge < -0.3 is 55.7 Å². The summed E-state index contributed by atoms with van der Waals surface area (Å²) >= 11 is 4.02. The molecule has 5 N–H and O–H groups in total. The lowest BCUT2D eigenvalue weighted by Crippen LogP contribution is -2.48. The third-order valence-corrected chi connectivity index (χ3v) is 17.6. The van der Waals surface area contributed by atoms with Crippen LogP contribution < -0.4 is 46.2 Å². The maximum atomic E-state index is 14.3. The first-order chi connectivity index (χ1) is 42.8. The van der Waals surface area contributed by atoms with Gasteiger partial charge in [-0.1, -0.05) is 46.1 Å². The third-order valence-electron chi connectivity index (χ3n) is 15.2. The SMILES string of the molecule is CO[C@@H](C(=O)Cc1nnc(N[C@@H]2CCN(c3cccnn3)C2)s1)c1ccc(F)c(N2CC(F)C2)c1.CO[C@H](C(=O)Cc1nnc(N[C@@H]2CCN(c3cccnn3)C2)s1)c1ccc(F)c(N2CC(F)C2)c1.Nc1nnc(N[C@@H]2CCN(c3cccnn3)C2)s1. The highest BCUT2D eigenvalue weighted by atomic mass is 32.1. The van der Waals surface area contributed by atoms with Crippen molar-refractivity contribution in [1.82, 2.24) is 61.2 Å². The van der Waals surface area contributed by atoms with Crippen LogP contribution in [0.4, 0.5) is 66.9 Å². The molecular weight excluding hydrogens is 1200 g/mol. The molecular formula is C56H63F4N21O4S3. The first kappa shape index (κ1) is 61.2. The minimum atomic E-state index is -0.961. The topological polar surface area (TPSA) is 286 Å². The number of carbonyl (C=O) groups excluding carboxylic acids is 2. The number of carbonyl (C=O) groups is 2. The number of ether oxygens (including phenoxy) is 2. The quantitative estimate of drug-likeness (QED) is 0.0580. The van der Waals surface area contributed by atoms with E-state index in [0.717, 1.165) is 81.1 Å². The largest absolute Gasteiger partial charge is 0.374 e. The number of aromatic nitrogens is 12. The molecule has 0 unspecified atom stereocenters. The Morgan fingerprint density at radius 1 is 0.523 bits per heavy atom. The summed E-state index contributed by atoms with van der Waals surface area (Å²) in [5, 5.41) is 62.4. The van der Waals surface area contributed by atoms with Crippen molar-refractivity contribution in [3.63, 3.8) is 0 Å². The molecule has 13 rings (SSSR count). The van der Waals surface area contributed by atoms with Gasteiger partial charge in [0.1, 0.15) is 46.2 Å². The molecule has 0 aliphatic carbocycles. The molecule has 5 fully saturated rings. The second-order valence-corrected chi connectivity index (χ2v) is 24.5. The molecule has 25 nitrogen and oxygen atoms in total. The molecule has 11 heterocycles. The molecule has 0 radical (unpaired) electrons. The van der Waals surface area contributed by atoms with Gasteiger partial charge in [-0.3, -0.25) is 9.59 Å². The van der Waals surface area contributed by atoms with Crippen LogP contribution >= 0.6 is 34.0 Å². The van der Waals surface area contributed by atoms with E-state index in [1.165, 1.54) is 72.5 Å². The molecule has 32 heteroatoms. The van der Waals surface area contributed by atoms with Crippen molar-refractivity contribution in [3.05, 3.63) is 124 Å². The van der Waals surface area contributed by atoms with E-state index in [1.807, 2.05) is 36.4 Å². The summed E-state index contributed by atoms with van der Waals surface area (Å²) in [6, 6.07) is 20.9. The number of Topliss-reactive ketones (excluding diaryl/α,β-unsaturated/α-hetero) is 2. The monoisotopic (exact) mass is 1270 g/mol. The normalized spacial score (nSPS) is 19.0. The van der Waals surface area contributed by atoms with E-state index >= 15 is 0 Å². The number of nitrogens with zero attached hydrogens (tertiary/aromatic N) is 17. The van der Waals surface area contributed by atoms with Gasteiger partial charge in [0.25, 0.3) is 0 Å². The minimum Gasteiger partial charge on any atom is -0.374 e. The van der Waals surface area contributed by atoms with Crippen LogP contribution in [0.25, 0.3) is 0 Å². The first-order valence-corrected chi connectivity index (χ1v) is 30.9. The molecule has 5 aliphatic heterocycles. The van der Waals surface area contributed by atoms with Gasteiger partial charge in [0, 0.05) is 90.2 Å². The number of nitrogen functional groups attached to an aromatic ring is 1. The molecule has 6 aromatic heterocycles. The van der Waals surface area contributed by atoms with Crippen LogP contribution in [-0.2, 0) is 31.9 Å². The average molecular weight is 1270 g/mol. The van der Waals surface area contributed by atoms with E-state index in [2.05, 4.69) is 91.8 Å². The summed E-state index contributed by atoms with van der Waals surface area (Å²) in [7, 11) is 2.87. The Morgan fingerprint density at radius 2 is 0.898 bits per heavy atom. The van der Waals surface area contributed by atoms with Gasteiger partial charge in [0.05, 0.1) is 50.4 Å². The van der Waals surface area contributed by atoms with Crippen LogP contribution in [0, 0.1) is 11.6 Å². The van der Waals surface area contributed by atoms with Crippen LogP contribution in [-0.4, -0.2) is 183 Å². The predicted octanol–water partition coefficient (Wildman–Crippen LogP) is 6.23. The van der Waals surface area contributed by atoms with Crippen LogP contribution in [0.3, 0.4) is 0 Å². The van der Waals surface area contributed by atoms with Crippen molar-refractivity contribution >= 4 is 94.9 Å². The molecule has 5 aliphatic rings. The number of ketones is 2. The molecule has 0 amide bonds. The Hall–Kier alpha value is -8.46. The van der Waals surface area contributed by atoms with Crippen molar-refractivity contribution in [2.45, 2.75) is 74.8 Å². The smallest absolute Gasteiger partial charge is 0.207 e. The molecule has 5 atom stereocenters. The fourth-order valence-electron chi connectivity index (χ4n) is 10.7. The summed E-state index contributed by atoms with van der Waals surface area (Å²) < 4.78 is 65.9. The van der Waals surface area contributed by atoms with Gasteiger partial charge in [0.15, 0.2) is 29.0 Å². The number of hydrogen-bond donors (Lipinski definition) is 4. The highest BCUT2D eigenvalue weighted by Gasteiger charge is 2.33. The highest BCUT2D eigenvalue weighted by molar-refractivity contribution is 7.18. The van der Waals surface area contributed by atoms with Gasteiger partial charge in [-0.25, -0.2) is 17.6 Å². The van der Waals surface area contributed by atoms with E-state index in [9.17, 15) is 27.2 Å². The zero-order valence-electron chi connectivity index (χ0n) is 47.9. The summed E-state index contributed by atoms with van der Waals surface area (Å²) in [6.07, 6.45) is 4.25. The highest BCUT2D eigenvalue weighted by Crippen LogP contribution is 2.34. The maximum Gasteiger partial charge on any atom is 0.207 e. The Balaban J connectivity index is 0.000000144. The molecule has 0 bridgehead atoms. The van der Waals surface area contributed by atoms with Gasteiger partial charge in [-0.2, -0.15) is 15.3 Å². The van der Waals surface area contributed by atoms with E-state index in [-0.39, 0.29) is 74.0 Å². The number of rotatable bonds is 21. The average Bonchev–Trinajstić information content (AvgIpc) is 2.29. The Labute approximate surface area is 515 Å². The van der Waals surface area contributed by atoms with Crippen LogP contribution in [0.15, 0.2) is 91.4 Å². The van der Waals surface area contributed by atoms with Crippen molar-refractivity contribution in [2.75, 3.05) is 126 Å². The van der Waals surface area contributed by atoms with Crippen LogP contribution in [0.5, 0.6) is 0 Å². The van der Waals surface area contributed by atoms with E-state index in [0.29, 0.717) is 42.6 Å². The molecule has 5 saturated heterocycles. The van der Waals surface area contributed by atoms with E-state index < -0.39 is 36.2 Å². The standard InChI is InChI=1S/2C23H25F2N7O2S.C10H13N7S/c2*1-34-22(14-4-5-17(25)18(9-14)32-11-15(24)12-32)19(33)10-21-29-30-23(35-21)27-16-6-8-31(13-16)20-3-2-7-26-28-20;11-9-15-16-10(18-9)13-7-3-5-17(6-7)8-2-1-4-12-14-8/h2*2-5,7,9,15-16,22H,6,8,10-13H2,1H3,(H,27,30);1-2,4,7H,3,5-6H2,(H2,11,15)(H,13,16)/t16-,22+;16-,22-;7-/m111/s1. The van der Waals surface area contributed by atoms with Crippen molar-refractivity contribution in [1.29, 1.82) is 0 Å². The number of anilines is 9. The summed E-state index contributed by atoms with van der Waals surface area (Å²) in [6.45, 7) is 5.68. The first-order valence-electron chi connectivity index (χ1n) is 28.4. The van der Waals surface area contributed by atoms with Crippen molar-refractivity contribution in [3.8, 4) is 0 Å². The fraction of sp³-hybridized carbons (Fsp3) is 0.429. The Morgan fingerprint density at radius 3 is 1.23 bits per heavy atom. The van der Waals surface area contributed by atoms with Crippen molar-refractivity contribution < 1.29 is 36.6 Å². The Kier molecular flexibility index (Phi) is 19.9. The second-order valence-electron chi connectivity index (χ2n) is 21.4. The predicted molar refractivity (Wildman–Crippen MR) is 327 cm³/mol. The van der Waals surface area contributed by atoms with Gasteiger partial charge in [0.2, 0.25) is 20.5 Å². The number of alkyl halides is 2. The van der Waals surface area contributed by atoms with E-state index in [1.54, 1.807) is 40.5 Å². The molecule has 2 aromatic carbocycles. The molecule has 0 spiro atoms. The fourth-order valence-corrected chi connectivity index (χ4v) is 13.0. The summed E-state index contributed by atoms with van der Waals surface area (Å²) in [5.74, 6) is 1.27. The second kappa shape index (κ2) is 28.6. The number of hydrogen-bond acceptors (Lipinski definition) is 28. The number of benzene rings is 2. The lowest BCUT2D eigenvalue weighted by Gasteiger charge is -2.36. The third kappa shape index (κ3) is 15.4. The lowest BCUT2D eigenvalue weighted by atomic mass is 10.0. The molecule has 462 valence electrons. The van der Waals surface area contributed by atoms with Gasteiger partial charge in [-0.05, 0) is 91.1 Å². The lowest BCUT2D eigenvalue weighted by molar-refractivity contribution is -0.129. The van der Waals surface area contributed by atoms with Crippen LogP contribution in [0.2, 0.25) is 0 Å². The molecule has 8 aromatic rings. The molecule has 0 saturated carbocycles. The minimum absolute atomic E-state index is 0.0389. The number of nitrogens with one attached hydrogen (secondary N) is 3. The zero-order valence-corrected chi connectivity index (χ0v) is 50.3. The number of methoxy groups -OCH3 is 2. The van der Waals surface area contributed by atoms with Gasteiger partial charge >= 0.3 is 0 Å². The van der Waals surface area contributed by atoms with Crippen LogP contribution in [0.1, 0.15) is 52.6 Å². The molecule has 88 heavy (non-hydrogen) atoms. The summed E-state index contributed by atoms with van der Waals surface area (Å²) in [5.41, 5.74) is 7.15.